The van der Waals surface area contributed by atoms with Crippen LogP contribution in [-0.4, -0.2) is 28.9 Å². The highest BCUT2D eigenvalue weighted by atomic mass is 32.1. The lowest BCUT2D eigenvalue weighted by molar-refractivity contribution is -0.132. The van der Waals surface area contributed by atoms with E-state index in [1.165, 1.54) is 16.2 Å². The van der Waals surface area contributed by atoms with Crippen molar-refractivity contribution in [2.75, 3.05) is 12.0 Å². The van der Waals surface area contributed by atoms with Gasteiger partial charge in [0.15, 0.2) is 5.13 Å². The minimum absolute atomic E-state index is 0.00241. The van der Waals surface area contributed by atoms with E-state index in [1.54, 1.807) is 31.4 Å². The summed E-state index contributed by atoms with van der Waals surface area (Å²) in [5.74, 6) is 0.0670. The number of rotatable bonds is 6. The van der Waals surface area contributed by atoms with Crippen molar-refractivity contribution in [3.63, 3.8) is 0 Å². The highest BCUT2D eigenvalue weighted by molar-refractivity contribution is 7.22. The first kappa shape index (κ1) is 26.3. The van der Waals surface area contributed by atoms with Crippen LogP contribution in [0.2, 0.25) is 0 Å². The number of nitrogens with zero attached hydrogens (tertiary/aromatic N) is 2. The highest BCUT2D eigenvalue weighted by Gasteiger charge is 2.48. The van der Waals surface area contributed by atoms with Crippen LogP contribution in [0.3, 0.4) is 0 Å². The molecule has 1 saturated heterocycles. The van der Waals surface area contributed by atoms with Crippen LogP contribution >= 0.6 is 11.3 Å². The summed E-state index contributed by atoms with van der Waals surface area (Å²) in [6, 6.07) is 26.7. The van der Waals surface area contributed by atoms with Crippen LogP contribution in [0.1, 0.15) is 28.3 Å². The van der Waals surface area contributed by atoms with Crippen LogP contribution in [0.15, 0.2) is 96.6 Å². The number of aliphatic hydroxyl groups is 1. The van der Waals surface area contributed by atoms with Gasteiger partial charge in [-0.3, -0.25) is 14.5 Å². The lowest BCUT2D eigenvalue weighted by atomic mass is 9.93. The summed E-state index contributed by atoms with van der Waals surface area (Å²) in [7, 11) is 1.58. The van der Waals surface area contributed by atoms with Gasteiger partial charge in [0.2, 0.25) is 0 Å². The van der Waals surface area contributed by atoms with Crippen molar-refractivity contribution in [3.05, 3.63) is 119 Å². The van der Waals surface area contributed by atoms with Crippen LogP contribution in [0.5, 0.6) is 17.2 Å². The van der Waals surface area contributed by atoms with Crippen molar-refractivity contribution in [1.82, 2.24) is 4.98 Å². The zero-order valence-corrected chi connectivity index (χ0v) is 23.4. The van der Waals surface area contributed by atoms with Crippen molar-refractivity contribution in [2.45, 2.75) is 19.9 Å². The lowest BCUT2D eigenvalue weighted by Gasteiger charge is -2.23. The first-order valence-electron chi connectivity index (χ1n) is 13.0. The molecule has 204 valence electrons. The number of anilines is 1. The molecule has 1 atom stereocenters. The summed E-state index contributed by atoms with van der Waals surface area (Å²) >= 11 is 1.28. The van der Waals surface area contributed by atoms with Gasteiger partial charge in [-0.1, -0.05) is 59.4 Å². The van der Waals surface area contributed by atoms with E-state index in [0.717, 1.165) is 15.8 Å². The number of benzene rings is 4. The Bertz CT molecular complexity index is 1840. The van der Waals surface area contributed by atoms with Gasteiger partial charge in [0, 0.05) is 5.56 Å². The van der Waals surface area contributed by atoms with Crippen molar-refractivity contribution in [3.8, 4) is 17.2 Å². The molecule has 8 heteroatoms. The molecular formula is C33H26N2O5S. The Morgan fingerprint density at radius 2 is 1.66 bits per heavy atom. The quantitative estimate of drug-likeness (QED) is 0.132. The van der Waals surface area contributed by atoms with Crippen molar-refractivity contribution in [1.29, 1.82) is 0 Å². The molecule has 1 aliphatic heterocycles. The van der Waals surface area contributed by atoms with Gasteiger partial charge in [-0.25, -0.2) is 4.98 Å². The Labute approximate surface area is 240 Å². The van der Waals surface area contributed by atoms with E-state index >= 15 is 0 Å². The number of aromatic nitrogens is 1. The summed E-state index contributed by atoms with van der Waals surface area (Å²) in [5, 5.41) is 12.0. The summed E-state index contributed by atoms with van der Waals surface area (Å²) in [5.41, 5.74) is 3.46. The second-order valence-electron chi connectivity index (χ2n) is 9.81. The first-order valence-corrected chi connectivity index (χ1v) is 13.8. The van der Waals surface area contributed by atoms with Gasteiger partial charge in [-0.05, 0) is 73.5 Å². The number of hydrogen-bond donors (Lipinski definition) is 1. The van der Waals surface area contributed by atoms with E-state index in [4.69, 9.17) is 14.5 Å². The van der Waals surface area contributed by atoms with Crippen molar-refractivity contribution >= 4 is 44.1 Å². The minimum Gasteiger partial charge on any atom is -0.507 e. The maximum atomic E-state index is 13.7. The Morgan fingerprint density at radius 3 is 2.44 bits per heavy atom. The van der Waals surface area contributed by atoms with Gasteiger partial charge < -0.3 is 14.6 Å². The third-order valence-corrected chi connectivity index (χ3v) is 8.05. The van der Waals surface area contributed by atoms with Gasteiger partial charge in [-0.15, -0.1) is 0 Å². The Morgan fingerprint density at radius 1 is 0.878 bits per heavy atom. The van der Waals surface area contributed by atoms with Gasteiger partial charge in [0.1, 0.15) is 23.0 Å². The van der Waals surface area contributed by atoms with Crippen LogP contribution < -0.4 is 14.4 Å². The molecule has 1 aliphatic rings. The number of thiazole rings is 1. The third kappa shape index (κ3) is 4.83. The van der Waals surface area contributed by atoms with E-state index in [9.17, 15) is 14.7 Å². The molecule has 1 aromatic heterocycles. The largest absolute Gasteiger partial charge is 0.507 e. The predicted octanol–water partition coefficient (Wildman–Crippen LogP) is 7.34. The SMILES string of the molecule is COc1ccc2nc(N3C(=O)C(=O)C(=C(O)c4cc(C)ccc4C)C3c3cccc(Oc4ccccc4)c3)sc2c1. The topological polar surface area (TPSA) is 89.0 Å². The highest BCUT2D eigenvalue weighted by Crippen LogP contribution is 2.45. The number of ketones is 1. The second-order valence-corrected chi connectivity index (χ2v) is 10.8. The number of carbonyl (C=O) groups is 2. The molecule has 1 N–H and O–H groups in total. The number of fused-ring (bicyclic) bond motifs is 1. The summed E-state index contributed by atoms with van der Waals surface area (Å²) < 4.78 is 12.2. The molecule has 1 fully saturated rings. The van der Waals surface area contributed by atoms with Crippen molar-refractivity contribution in [2.24, 2.45) is 0 Å². The zero-order chi connectivity index (χ0) is 28.7. The molecule has 4 aromatic carbocycles. The molecule has 0 radical (unpaired) electrons. The van der Waals surface area contributed by atoms with Crippen LogP contribution in [0, 0.1) is 13.8 Å². The van der Waals surface area contributed by atoms with E-state index < -0.39 is 17.7 Å². The molecule has 0 spiro atoms. The van der Waals surface area contributed by atoms with E-state index in [0.29, 0.717) is 39.0 Å². The molecule has 0 aliphatic carbocycles. The normalized spacial score (nSPS) is 16.4. The van der Waals surface area contributed by atoms with Crippen LogP contribution in [0.4, 0.5) is 5.13 Å². The fraction of sp³-hybridized carbons (Fsp3) is 0.121. The maximum Gasteiger partial charge on any atom is 0.301 e. The number of Topliss-reactive ketones (excluding diaryl/α,β-unsaturated/α-hetero) is 1. The Kier molecular flexibility index (Phi) is 6.77. The summed E-state index contributed by atoms with van der Waals surface area (Å²) in [6.45, 7) is 3.76. The first-order chi connectivity index (χ1) is 19.8. The fourth-order valence-electron chi connectivity index (χ4n) is 4.98. The van der Waals surface area contributed by atoms with Crippen molar-refractivity contribution < 1.29 is 24.2 Å². The van der Waals surface area contributed by atoms with Crippen LogP contribution in [0.25, 0.3) is 16.0 Å². The second kappa shape index (κ2) is 10.6. The van der Waals surface area contributed by atoms with Gasteiger partial charge >= 0.3 is 5.91 Å². The van der Waals surface area contributed by atoms with Gasteiger partial charge in [0.25, 0.3) is 5.78 Å². The standard InChI is InChI=1S/C33H26N2O5S/c1-19-12-13-20(2)25(16-19)30(36)28-29(21-8-7-11-24(17-21)40-22-9-5-4-6-10-22)35(32(38)31(28)37)33-34-26-15-14-23(39-3)18-27(26)41-33/h4-18,29,36H,1-3H3. The van der Waals surface area contributed by atoms with E-state index in [2.05, 4.69) is 0 Å². The average Bonchev–Trinajstić information content (AvgIpc) is 3.52. The van der Waals surface area contributed by atoms with Gasteiger partial charge in [-0.2, -0.15) is 0 Å². The van der Waals surface area contributed by atoms with Crippen LogP contribution in [-0.2, 0) is 9.59 Å². The molecule has 6 rings (SSSR count). The molecule has 41 heavy (non-hydrogen) atoms. The number of methoxy groups -OCH3 is 1. The lowest BCUT2D eigenvalue weighted by Crippen LogP contribution is -2.29. The number of ether oxygens (including phenoxy) is 2. The number of hydrogen-bond acceptors (Lipinski definition) is 7. The summed E-state index contributed by atoms with van der Waals surface area (Å²) in [6.07, 6.45) is 0. The average molecular weight is 563 g/mol. The third-order valence-electron chi connectivity index (χ3n) is 7.04. The summed E-state index contributed by atoms with van der Waals surface area (Å²) in [4.78, 5) is 33.5. The molecule has 2 heterocycles. The number of amides is 1. The molecule has 0 bridgehead atoms. The van der Waals surface area contributed by atoms with Gasteiger partial charge in [0.05, 0.1) is 28.9 Å². The maximum absolute atomic E-state index is 13.7. The number of aryl methyl sites for hydroxylation is 2. The monoisotopic (exact) mass is 562 g/mol. The van der Waals surface area contributed by atoms with E-state index in [1.807, 2.05) is 80.6 Å². The molecule has 5 aromatic rings. The number of para-hydroxylation sites is 1. The molecule has 1 unspecified atom stereocenters. The Hall–Kier alpha value is -4.95. The minimum atomic E-state index is -0.934. The van der Waals surface area contributed by atoms with E-state index in [-0.39, 0.29) is 11.3 Å². The number of aliphatic hydroxyl groups excluding tert-OH is 1. The molecule has 7 nitrogen and oxygen atoms in total. The zero-order valence-electron chi connectivity index (χ0n) is 22.6. The smallest absolute Gasteiger partial charge is 0.301 e. The number of carbonyl (C=O) groups excluding carboxylic acids is 2. The molecule has 0 saturated carbocycles. The Balaban J connectivity index is 1.54. The molecule has 1 amide bonds. The predicted molar refractivity (Wildman–Crippen MR) is 160 cm³/mol. The molecular weight excluding hydrogens is 536 g/mol. The fourth-order valence-corrected chi connectivity index (χ4v) is 6.00.